The molecule has 1 unspecified atom stereocenters. The summed E-state index contributed by atoms with van der Waals surface area (Å²) >= 11 is 0. The Morgan fingerprint density at radius 3 is 2.64 bits per heavy atom. The normalized spacial score (nSPS) is 21.8. The topological polar surface area (TPSA) is 60.5 Å². The standard InChI is InChI=1S/C20H27N3O2/c1-12-17(22-9-8-15(11-22)13(2)21)7-4-14-10-18(25-3)20(24)23(19(12)14)16-5-6-16/h4,7,10,13,15-16H,5-6,8-9,11,21H2,1-3H3/t13-,15?/m0/s1. The van der Waals surface area contributed by atoms with Gasteiger partial charge in [0, 0.05) is 36.2 Å². The monoisotopic (exact) mass is 341 g/mol. The van der Waals surface area contributed by atoms with Crippen molar-refractivity contribution in [3.8, 4) is 5.75 Å². The first-order chi connectivity index (χ1) is 12.0. The number of pyridine rings is 1. The van der Waals surface area contributed by atoms with Gasteiger partial charge in [-0.2, -0.15) is 0 Å². The Bertz CT molecular complexity index is 867. The lowest BCUT2D eigenvalue weighted by Crippen LogP contribution is -2.30. The van der Waals surface area contributed by atoms with Gasteiger partial charge in [-0.3, -0.25) is 4.79 Å². The number of aryl methyl sites for hydroxylation is 1. The Hall–Kier alpha value is -2.01. The first kappa shape index (κ1) is 16.5. The average Bonchev–Trinajstić information content (AvgIpc) is 3.30. The molecule has 5 heteroatoms. The highest BCUT2D eigenvalue weighted by Gasteiger charge is 2.30. The average molecular weight is 341 g/mol. The van der Waals surface area contributed by atoms with Crippen molar-refractivity contribution in [2.24, 2.45) is 11.7 Å². The number of nitrogens with two attached hydrogens (primary N) is 1. The van der Waals surface area contributed by atoms with Crippen LogP contribution in [0.2, 0.25) is 0 Å². The molecule has 25 heavy (non-hydrogen) atoms. The van der Waals surface area contributed by atoms with Crippen molar-refractivity contribution in [3.05, 3.63) is 34.1 Å². The van der Waals surface area contributed by atoms with E-state index in [9.17, 15) is 4.79 Å². The number of benzene rings is 1. The fraction of sp³-hybridized carbons (Fsp3) is 0.550. The minimum absolute atomic E-state index is 0.00683. The van der Waals surface area contributed by atoms with E-state index in [0.717, 1.165) is 43.3 Å². The molecule has 1 saturated carbocycles. The molecule has 1 aliphatic heterocycles. The number of fused-ring (bicyclic) bond motifs is 1. The summed E-state index contributed by atoms with van der Waals surface area (Å²) in [7, 11) is 1.57. The van der Waals surface area contributed by atoms with Gasteiger partial charge in [-0.25, -0.2) is 0 Å². The zero-order chi connectivity index (χ0) is 17.7. The highest BCUT2D eigenvalue weighted by molar-refractivity contribution is 5.88. The van der Waals surface area contributed by atoms with E-state index in [1.54, 1.807) is 7.11 Å². The van der Waals surface area contributed by atoms with E-state index in [-0.39, 0.29) is 11.6 Å². The second-order valence-electron chi connectivity index (χ2n) is 7.62. The second-order valence-corrected chi connectivity index (χ2v) is 7.62. The van der Waals surface area contributed by atoms with Crippen LogP contribution in [0.5, 0.6) is 5.75 Å². The zero-order valence-corrected chi connectivity index (χ0v) is 15.3. The second kappa shape index (κ2) is 6.06. The van der Waals surface area contributed by atoms with Gasteiger partial charge in [-0.1, -0.05) is 6.07 Å². The minimum atomic E-state index is -0.00683. The predicted octanol–water partition coefficient (Wildman–Crippen LogP) is 2.83. The Labute approximate surface area is 148 Å². The predicted molar refractivity (Wildman–Crippen MR) is 102 cm³/mol. The molecule has 2 fully saturated rings. The van der Waals surface area contributed by atoms with Crippen molar-refractivity contribution >= 4 is 16.6 Å². The summed E-state index contributed by atoms with van der Waals surface area (Å²) in [6.07, 6.45) is 3.28. The number of methoxy groups -OCH3 is 1. The quantitative estimate of drug-likeness (QED) is 0.929. The van der Waals surface area contributed by atoms with E-state index >= 15 is 0 Å². The first-order valence-corrected chi connectivity index (χ1v) is 9.24. The van der Waals surface area contributed by atoms with Gasteiger partial charge in [0.15, 0.2) is 5.75 Å². The zero-order valence-electron chi connectivity index (χ0n) is 15.3. The maximum Gasteiger partial charge on any atom is 0.293 e. The maximum atomic E-state index is 12.8. The van der Waals surface area contributed by atoms with Gasteiger partial charge >= 0.3 is 0 Å². The first-order valence-electron chi connectivity index (χ1n) is 9.24. The molecule has 1 aromatic carbocycles. The number of anilines is 1. The van der Waals surface area contributed by atoms with E-state index in [2.05, 4.69) is 30.9 Å². The SMILES string of the molecule is COc1cc2ccc(N3CCC([C@H](C)N)C3)c(C)c2n(C2CC2)c1=O. The van der Waals surface area contributed by atoms with Crippen LogP contribution in [-0.2, 0) is 0 Å². The summed E-state index contributed by atoms with van der Waals surface area (Å²) in [4.78, 5) is 15.3. The van der Waals surface area contributed by atoms with Gasteiger partial charge < -0.3 is 19.9 Å². The lowest BCUT2D eigenvalue weighted by Gasteiger charge is -2.24. The molecule has 2 N–H and O–H groups in total. The largest absolute Gasteiger partial charge is 0.491 e. The van der Waals surface area contributed by atoms with Crippen LogP contribution >= 0.6 is 0 Å². The molecule has 134 valence electrons. The number of nitrogens with zero attached hydrogens (tertiary/aromatic N) is 2. The highest BCUT2D eigenvalue weighted by Crippen LogP contribution is 2.39. The van der Waals surface area contributed by atoms with Gasteiger partial charge in [-0.05, 0) is 56.7 Å². The molecule has 5 nitrogen and oxygen atoms in total. The van der Waals surface area contributed by atoms with Gasteiger partial charge in [0.05, 0.1) is 12.6 Å². The van der Waals surface area contributed by atoms with E-state index in [1.165, 1.54) is 11.3 Å². The van der Waals surface area contributed by atoms with Crippen LogP contribution in [0.1, 0.15) is 37.8 Å². The van der Waals surface area contributed by atoms with Crippen LogP contribution in [0.4, 0.5) is 5.69 Å². The molecule has 1 aromatic heterocycles. The molecule has 0 bridgehead atoms. The Balaban J connectivity index is 1.85. The van der Waals surface area contributed by atoms with Gasteiger partial charge in [-0.15, -0.1) is 0 Å². The lowest BCUT2D eigenvalue weighted by atomic mass is 10.0. The number of ether oxygens (including phenoxy) is 1. The number of rotatable bonds is 4. The number of hydrogen-bond acceptors (Lipinski definition) is 4. The molecule has 1 aliphatic carbocycles. The molecular weight excluding hydrogens is 314 g/mol. The van der Waals surface area contributed by atoms with E-state index in [0.29, 0.717) is 17.7 Å². The van der Waals surface area contributed by atoms with Crippen molar-refractivity contribution in [2.45, 2.75) is 45.2 Å². The summed E-state index contributed by atoms with van der Waals surface area (Å²) in [6.45, 7) is 6.26. The summed E-state index contributed by atoms with van der Waals surface area (Å²) in [5.41, 5.74) is 9.58. The summed E-state index contributed by atoms with van der Waals surface area (Å²) in [5, 5.41) is 1.08. The van der Waals surface area contributed by atoms with Crippen LogP contribution in [0.25, 0.3) is 10.9 Å². The molecule has 2 heterocycles. The summed E-state index contributed by atoms with van der Waals surface area (Å²) < 4.78 is 7.29. The Kier molecular flexibility index (Phi) is 3.99. The molecule has 0 amide bonds. The molecule has 4 rings (SSSR count). The third-order valence-corrected chi connectivity index (χ3v) is 5.83. The van der Waals surface area contributed by atoms with E-state index in [1.807, 2.05) is 10.6 Å². The maximum absolute atomic E-state index is 12.8. The van der Waals surface area contributed by atoms with Crippen LogP contribution in [-0.4, -0.2) is 30.8 Å². The van der Waals surface area contributed by atoms with Crippen molar-refractivity contribution in [1.29, 1.82) is 0 Å². The Morgan fingerprint density at radius 1 is 1.28 bits per heavy atom. The van der Waals surface area contributed by atoms with Gasteiger partial charge in [0.1, 0.15) is 0 Å². The number of aromatic nitrogens is 1. The van der Waals surface area contributed by atoms with Crippen LogP contribution in [0, 0.1) is 12.8 Å². The van der Waals surface area contributed by atoms with Crippen molar-refractivity contribution in [1.82, 2.24) is 4.57 Å². The summed E-state index contributed by atoms with van der Waals surface area (Å²) in [5.74, 6) is 0.973. The van der Waals surface area contributed by atoms with E-state index < -0.39 is 0 Å². The van der Waals surface area contributed by atoms with Crippen molar-refractivity contribution in [2.75, 3.05) is 25.1 Å². The summed E-state index contributed by atoms with van der Waals surface area (Å²) in [6, 6.07) is 6.72. The minimum Gasteiger partial charge on any atom is -0.491 e. The smallest absolute Gasteiger partial charge is 0.293 e. The Morgan fingerprint density at radius 2 is 2.04 bits per heavy atom. The third-order valence-electron chi connectivity index (χ3n) is 5.83. The van der Waals surface area contributed by atoms with Crippen LogP contribution in [0.15, 0.2) is 23.0 Å². The molecule has 2 aliphatic rings. The molecule has 1 saturated heterocycles. The van der Waals surface area contributed by atoms with E-state index in [4.69, 9.17) is 10.5 Å². The molecule has 0 spiro atoms. The third kappa shape index (κ3) is 2.71. The fourth-order valence-corrected chi connectivity index (χ4v) is 4.18. The molecular formula is C20H27N3O2. The fourth-order valence-electron chi connectivity index (χ4n) is 4.18. The van der Waals surface area contributed by atoms with Crippen molar-refractivity contribution < 1.29 is 4.74 Å². The lowest BCUT2D eigenvalue weighted by molar-refractivity contribution is 0.404. The molecule has 2 aromatic rings. The van der Waals surface area contributed by atoms with Crippen LogP contribution < -0.4 is 20.9 Å². The van der Waals surface area contributed by atoms with Gasteiger partial charge in [0.2, 0.25) is 0 Å². The molecule has 0 radical (unpaired) electrons. The molecule has 2 atom stereocenters. The van der Waals surface area contributed by atoms with Crippen molar-refractivity contribution in [3.63, 3.8) is 0 Å². The van der Waals surface area contributed by atoms with Crippen LogP contribution in [0.3, 0.4) is 0 Å². The van der Waals surface area contributed by atoms with Gasteiger partial charge in [0.25, 0.3) is 5.56 Å². The highest BCUT2D eigenvalue weighted by atomic mass is 16.5. The number of hydrogen-bond donors (Lipinski definition) is 1.